The molecule has 0 aliphatic rings. The molecular formula is C15H17ClO. The van der Waals surface area contributed by atoms with Crippen LogP contribution in [0.4, 0.5) is 0 Å². The highest BCUT2D eigenvalue weighted by molar-refractivity contribution is 6.30. The molecule has 2 heteroatoms. The lowest BCUT2D eigenvalue weighted by molar-refractivity contribution is 0.482. The van der Waals surface area contributed by atoms with Crippen LogP contribution in [-0.4, -0.2) is 0 Å². The minimum absolute atomic E-state index is 0.714. The van der Waals surface area contributed by atoms with Crippen molar-refractivity contribution in [1.29, 1.82) is 0 Å². The maximum atomic E-state index is 5.78. The van der Waals surface area contributed by atoms with Crippen LogP contribution in [0.2, 0.25) is 5.02 Å². The highest BCUT2D eigenvalue weighted by Gasteiger charge is 1.96. The lowest BCUT2D eigenvalue weighted by Gasteiger charge is -2.05. The summed E-state index contributed by atoms with van der Waals surface area (Å²) < 4.78 is 5.66. The van der Waals surface area contributed by atoms with Crippen molar-refractivity contribution in [2.45, 2.75) is 20.8 Å². The van der Waals surface area contributed by atoms with Crippen LogP contribution in [0, 0.1) is 6.92 Å². The van der Waals surface area contributed by atoms with Crippen molar-refractivity contribution in [2.24, 2.45) is 0 Å². The number of hydrogen-bond acceptors (Lipinski definition) is 1. The van der Waals surface area contributed by atoms with Crippen molar-refractivity contribution in [3.63, 3.8) is 0 Å². The summed E-state index contributed by atoms with van der Waals surface area (Å²) in [5.74, 6) is 1.64. The molecule has 0 N–H and O–H groups in total. The third kappa shape index (κ3) is 4.49. The van der Waals surface area contributed by atoms with E-state index in [0.717, 1.165) is 11.5 Å². The molecule has 1 nitrogen and oxygen atoms in total. The van der Waals surface area contributed by atoms with Gasteiger partial charge in [-0.1, -0.05) is 37.6 Å². The summed E-state index contributed by atoms with van der Waals surface area (Å²) in [6, 6.07) is 15.3. The molecule has 0 fully saturated rings. The fourth-order valence-corrected chi connectivity index (χ4v) is 1.44. The molecule has 0 aliphatic carbocycles. The molecular weight excluding hydrogens is 232 g/mol. The van der Waals surface area contributed by atoms with E-state index in [1.807, 2.05) is 69.3 Å². The molecule has 0 atom stereocenters. The Balaban J connectivity index is 0.000000686. The molecule has 0 aliphatic heterocycles. The second-order valence-electron chi connectivity index (χ2n) is 3.37. The van der Waals surface area contributed by atoms with Crippen LogP contribution in [0.15, 0.2) is 48.5 Å². The third-order valence-corrected chi connectivity index (χ3v) is 2.29. The minimum atomic E-state index is 0.714. The van der Waals surface area contributed by atoms with E-state index in [9.17, 15) is 0 Å². The molecule has 0 unspecified atom stereocenters. The van der Waals surface area contributed by atoms with Crippen molar-refractivity contribution in [3.8, 4) is 11.5 Å². The number of rotatable bonds is 2. The second-order valence-corrected chi connectivity index (χ2v) is 3.81. The first-order valence-electron chi connectivity index (χ1n) is 5.74. The van der Waals surface area contributed by atoms with Crippen LogP contribution in [0.1, 0.15) is 19.4 Å². The summed E-state index contributed by atoms with van der Waals surface area (Å²) in [7, 11) is 0. The predicted octanol–water partition coefficient (Wildman–Crippen LogP) is 5.47. The molecule has 2 aromatic rings. The van der Waals surface area contributed by atoms with Crippen LogP contribution in [-0.2, 0) is 0 Å². The van der Waals surface area contributed by atoms with Gasteiger partial charge in [0.2, 0.25) is 0 Å². The van der Waals surface area contributed by atoms with Gasteiger partial charge in [-0.2, -0.15) is 0 Å². The maximum absolute atomic E-state index is 5.78. The van der Waals surface area contributed by atoms with Gasteiger partial charge in [-0.25, -0.2) is 0 Å². The molecule has 0 spiro atoms. The first kappa shape index (κ1) is 13.6. The van der Waals surface area contributed by atoms with Gasteiger partial charge in [0, 0.05) is 5.02 Å². The van der Waals surface area contributed by atoms with Crippen LogP contribution >= 0.6 is 11.6 Å². The average Bonchev–Trinajstić information content (AvgIpc) is 2.35. The van der Waals surface area contributed by atoms with Crippen molar-refractivity contribution in [3.05, 3.63) is 59.1 Å². The topological polar surface area (TPSA) is 9.23 Å². The van der Waals surface area contributed by atoms with Gasteiger partial charge in [0.15, 0.2) is 0 Å². The smallest absolute Gasteiger partial charge is 0.127 e. The van der Waals surface area contributed by atoms with E-state index in [4.69, 9.17) is 16.3 Å². The van der Waals surface area contributed by atoms with E-state index in [2.05, 4.69) is 0 Å². The molecule has 0 radical (unpaired) electrons. The SMILES string of the molecule is CC.Cc1cccc(Oc2ccc(Cl)cc2)c1. The first-order valence-corrected chi connectivity index (χ1v) is 6.12. The van der Waals surface area contributed by atoms with Crippen molar-refractivity contribution >= 4 is 11.6 Å². The van der Waals surface area contributed by atoms with Gasteiger partial charge in [0.25, 0.3) is 0 Å². The zero-order valence-electron chi connectivity index (χ0n) is 10.4. The summed E-state index contributed by atoms with van der Waals surface area (Å²) in [6.45, 7) is 6.04. The minimum Gasteiger partial charge on any atom is -0.457 e. The zero-order valence-corrected chi connectivity index (χ0v) is 11.2. The number of hydrogen-bond donors (Lipinski definition) is 0. The summed E-state index contributed by atoms with van der Waals surface area (Å²) in [5, 5.41) is 0.714. The van der Waals surface area contributed by atoms with E-state index in [1.54, 1.807) is 0 Å². The molecule has 90 valence electrons. The first-order chi connectivity index (χ1) is 8.24. The summed E-state index contributed by atoms with van der Waals surface area (Å²) >= 11 is 5.78. The lowest BCUT2D eigenvalue weighted by Crippen LogP contribution is -1.83. The van der Waals surface area contributed by atoms with E-state index in [0.29, 0.717) is 5.02 Å². The van der Waals surface area contributed by atoms with Gasteiger partial charge in [-0.3, -0.25) is 0 Å². The Morgan fingerprint density at radius 1 is 0.882 bits per heavy atom. The Morgan fingerprint density at radius 2 is 1.53 bits per heavy atom. The van der Waals surface area contributed by atoms with Gasteiger partial charge in [0.05, 0.1) is 0 Å². The van der Waals surface area contributed by atoms with Gasteiger partial charge in [-0.15, -0.1) is 0 Å². The van der Waals surface area contributed by atoms with Crippen LogP contribution in [0.3, 0.4) is 0 Å². The van der Waals surface area contributed by atoms with Crippen LogP contribution in [0.5, 0.6) is 11.5 Å². The van der Waals surface area contributed by atoms with Crippen LogP contribution in [0.25, 0.3) is 0 Å². The fraction of sp³-hybridized carbons (Fsp3) is 0.200. The number of aryl methyl sites for hydroxylation is 1. The van der Waals surface area contributed by atoms with E-state index < -0.39 is 0 Å². The molecule has 0 amide bonds. The Labute approximate surface area is 108 Å². The van der Waals surface area contributed by atoms with Crippen LogP contribution < -0.4 is 4.74 Å². The molecule has 0 aromatic heterocycles. The Morgan fingerprint density at radius 3 is 2.12 bits per heavy atom. The second kappa shape index (κ2) is 6.97. The number of halogens is 1. The molecule has 17 heavy (non-hydrogen) atoms. The molecule has 2 rings (SSSR count). The number of ether oxygens (including phenoxy) is 1. The summed E-state index contributed by atoms with van der Waals surface area (Å²) in [6.07, 6.45) is 0. The Kier molecular flexibility index (Phi) is 5.58. The quantitative estimate of drug-likeness (QED) is 0.685. The normalized spacial score (nSPS) is 9.18. The standard InChI is InChI=1S/C13H11ClO.C2H6/c1-10-3-2-4-13(9-10)15-12-7-5-11(14)6-8-12;1-2/h2-9H,1H3;1-2H3. The monoisotopic (exact) mass is 248 g/mol. The largest absolute Gasteiger partial charge is 0.457 e. The summed E-state index contributed by atoms with van der Waals surface area (Å²) in [5.41, 5.74) is 1.18. The van der Waals surface area contributed by atoms with Crippen molar-refractivity contribution in [2.75, 3.05) is 0 Å². The average molecular weight is 249 g/mol. The zero-order chi connectivity index (χ0) is 12.7. The lowest BCUT2D eigenvalue weighted by atomic mass is 10.2. The van der Waals surface area contributed by atoms with E-state index >= 15 is 0 Å². The highest BCUT2D eigenvalue weighted by Crippen LogP contribution is 2.23. The Hall–Kier alpha value is -1.47. The Bertz CT molecular complexity index is 449. The third-order valence-electron chi connectivity index (χ3n) is 2.04. The van der Waals surface area contributed by atoms with Crippen molar-refractivity contribution < 1.29 is 4.74 Å². The van der Waals surface area contributed by atoms with Gasteiger partial charge >= 0.3 is 0 Å². The van der Waals surface area contributed by atoms with E-state index in [-0.39, 0.29) is 0 Å². The molecule has 0 saturated heterocycles. The molecule has 2 aromatic carbocycles. The van der Waals surface area contributed by atoms with Gasteiger partial charge in [-0.05, 0) is 48.9 Å². The fourth-order valence-electron chi connectivity index (χ4n) is 1.32. The van der Waals surface area contributed by atoms with E-state index in [1.165, 1.54) is 5.56 Å². The predicted molar refractivity (Wildman–Crippen MR) is 74.1 cm³/mol. The van der Waals surface area contributed by atoms with Gasteiger partial charge < -0.3 is 4.74 Å². The molecule has 0 bridgehead atoms. The summed E-state index contributed by atoms with van der Waals surface area (Å²) in [4.78, 5) is 0. The molecule has 0 saturated carbocycles. The maximum Gasteiger partial charge on any atom is 0.127 e. The molecule has 0 heterocycles. The van der Waals surface area contributed by atoms with Gasteiger partial charge in [0.1, 0.15) is 11.5 Å². The van der Waals surface area contributed by atoms with Crippen molar-refractivity contribution in [1.82, 2.24) is 0 Å². The number of benzene rings is 2. The highest BCUT2D eigenvalue weighted by atomic mass is 35.5.